The molecule has 30 heavy (non-hydrogen) atoms. The molecule has 3 rings (SSSR count). The number of non-ortho nitro benzene ring substituents is 1. The largest absolute Gasteiger partial charge is 0.495 e. The van der Waals surface area contributed by atoms with Crippen LogP contribution < -0.4 is 10.1 Å². The highest BCUT2D eigenvalue weighted by Crippen LogP contribution is 2.29. The fourth-order valence-corrected chi connectivity index (χ4v) is 3.13. The number of aromatic nitrogens is 1. The molecule has 0 bridgehead atoms. The van der Waals surface area contributed by atoms with Crippen LogP contribution in [0, 0.1) is 24.0 Å². The highest BCUT2D eigenvalue weighted by Gasteiger charge is 2.20. The average Bonchev–Trinajstić information content (AvgIpc) is 2.72. The van der Waals surface area contributed by atoms with Crippen molar-refractivity contribution in [1.82, 2.24) is 4.98 Å². The van der Waals surface area contributed by atoms with E-state index in [0.29, 0.717) is 16.8 Å². The van der Waals surface area contributed by atoms with Gasteiger partial charge in [0.1, 0.15) is 5.75 Å². The van der Waals surface area contributed by atoms with Crippen molar-refractivity contribution in [2.75, 3.05) is 19.0 Å². The number of hydrogen-bond acceptors (Lipinski definition) is 7. The van der Waals surface area contributed by atoms with Gasteiger partial charge in [0.2, 0.25) is 0 Å². The van der Waals surface area contributed by atoms with Crippen molar-refractivity contribution >= 4 is 34.2 Å². The Bertz CT molecular complexity index is 1160. The summed E-state index contributed by atoms with van der Waals surface area (Å²) in [7, 11) is 1.37. The Hall–Kier alpha value is -4.01. The number of anilines is 1. The molecule has 0 radical (unpaired) electrons. The van der Waals surface area contributed by atoms with E-state index < -0.39 is 23.4 Å². The van der Waals surface area contributed by atoms with Crippen LogP contribution >= 0.6 is 0 Å². The molecule has 9 nitrogen and oxygen atoms in total. The number of pyridine rings is 1. The van der Waals surface area contributed by atoms with Crippen molar-refractivity contribution in [1.29, 1.82) is 0 Å². The van der Waals surface area contributed by atoms with Gasteiger partial charge in [-0.15, -0.1) is 0 Å². The van der Waals surface area contributed by atoms with Crippen molar-refractivity contribution < 1.29 is 24.0 Å². The van der Waals surface area contributed by atoms with Gasteiger partial charge in [0.05, 0.1) is 34.5 Å². The Morgan fingerprint density at radius 1 is 1.17 bits per heavy atom. The summed E-state index contributed by atoms with van der Waals surface area (Å²) in [4.78, 5) is 39.6. The summed E-state index contributed by atoms with van der Waals surface area (Å²) in [5.41, 5.74) is 2.17. The van der Waals surface area contributed by atoms with Crippen LogP contribution in [0.4, 0.5) is 11.4 Å². The number of nitrogens with zero attached hydrogens (tertiary/aromatic N) is 2. The number of ether oxygens (including phenoxy) is 2. The zero-order chi connectivity index (χ0) is 21.8. The molecule has 1 aromatic heterocycles. The van der Waals surface area contributed by atoms with Crippen LogP contribution in [0.15, 0.2) is 42.5 Å². The molecular weight excluding hydrogens is 390 g/mol. The standard InChI is InChI=1S/C21H19N3O6/c1-12-15-6-4-5-7-16(15)22-13(2)20(12)21(26)30-11-19(25)23-17-10-14(24(27)28)8-9-18(17)29-3/h4-10H,11H2,1-3H3,(H,23,25). The molecule has 0 unspecified atom stereocenters. The quantitative estimate of drug-likeness (QED) is 0.375. The third-order valence-corrected chi connectivity index (χ3v) is 4.54. The summed E-state index contributed by atoms with van der Waals surface area (Å²) < 4.78 is 10.3. The van der Waals surface area contributed by atoms with E-state index in [2.05, 4.69) is 10.3 Å². The molecule has 0 spiro atoms. The molecule has 1 amide bonds. The number of nitro benzene ring substituents is 1. The molecule has 0 aliphatic carbocycles. The number of fused-ring (bicyclic) bond motifs is 1. The van der Waals surface area contributed by atoms with Crippen LogP contribution in [-0.4, -0.2) is 35.5 Å². The lowest BCUT2D eigenvalue weighted by atomic mass is 10.0. The van der Waals surface area contributed by atoms with E-state index in [4.69, 9.17) is 9.47 Å². The maximum Gasteiger partial charge on any atom is 0.340 e. The van der Waals surface area contributed by atoms with Crippen LogP contribution in [0.3, 0.4) is 0 Å². The van der Waals surface area contributed by atoms with Crippen molar-refractivity contribution in [3.63, 3.8) is 0 Å². The van der Waals surface area contributed by atoms with Crippen LogP contribution in [0.2, 0.25) is 0 Å². The Kier molecular flexibility index (Phi) is 5.91. The molecule has 1 N–H and O–H groups in total. The number of methoxy groups -OCH3 is 1. The van der Waals surface area contributed by atoms with Crippen molar-refractivity contribution in [2.45, 2.75) is 13.8 Å². The van der Waals surface area contributed by atoms with Crippen LogP contribution in [0.25, 0.3) is 10.9 Å². The zero-order valence-electron chi connectivity index (χ0n) is 16.6. The van der Waals surface area contributed by atoms with Gasteiger partial charge in [-0.3, -0.25) is 19.9 Å². The molecule has 9 heteroatoms. The summed E-state index contributed by atoms with van der Waals surface area (Å²) >= 11 is 0. The van der Waals surface area contributed by atoms with Crippen molar-refractivity contribution in [2.24, 2.45) is 0 Å². The maximum absolute atomic E-state index is 12.6. The van der Waals surface area contributed by atoms with Gasteiger partial charge in [-0.1, -0.05) is 18.2 Å². The van der Waals surface area contributed by atoms with E-state index in [1.54, 1.807) is 13.8 Å². The lowest BCUT2D eigenvalue weighted by Gasteiger charge is -2.13. The number of para-hydroxylation sites is 1. The lowest BCUT2D eigenvalue weighted by Crippen LogP contribution is -2.22. The van der Waals surface area contributed by atoms with E-state index in [1.165, 1.54) is 25.3 Å². The van der Waals surface area contributed by atoms with Crippen LogP contribution in [0.5, 0.6) is 5.75 Å². The number of hydrogen-bond donors (Lipinski definition) is 1. The molecule has 0 fully saturated rings. The van der Waals surface area contributed by atoms with E-state index in [9.17, 15) is 19.7 Å². The molecule has 3 aromatic rings. The average molecular weight is 409 g/mol. The second kappa shape index (κ2) is 8.56. The predicted molar refractivity (Wildman–Crippen MR) is 110 cm³/mol. The second-order valence-corrected chi connectivity index (χ2v) is 6.48. The first-order valence-electron chi connectivity index (χ1n) is 8.97. The fraction of sp³-hybridized carbons (Fsp3) is 0.190. The molecule has 154 valence electrons. The Morgan fingerprint density at radius 2 is 1.90 bits per heavy atom. The van der Waals surface area contributed by atoms with E-state index in [-0.39, 0.29) is 17.1 Å². The van der Waals surface area contributed by atoms with Gasteiger partial charge in [0.15, 0.2) is 6.61 Å². The first kappa shape index (κ1) is 20.7. The minimum absolute atomic E-state index is 0.104. The Labute approximate surface area is 171 Å². The Balaban J connectivity index is 1.74. The molecular formula is C21H19N3O6. The van der Waals surface area contributed by atoms with Gasteiger partial charge in [0.25, 0.3) is 11.6 Å². The summed E-state index contributed by atoms with van der Waals surface area (Å²) in [6.07, 6.45) is 0. The molecule has 0 saturated carbocycles. The van der Waals surface area contributed by atoms with Gasteiger partial charge in [0, 0.05) is 17.5 Å². The minimum atomic E-state index is -0.676. The summed E-state index contributed by atoms with van der Waals surface area (Å²) in [5, 5.41) is 14.2. The highest BCUT2D eigenvalue weighted by atomic mass is 16.6. The number of amides is 1. The van der Waals surface area contributed by atoms with Gasteiger partial charge in [-0.05, 0) is 31.5 Å². The topological polar surface area (TPSA) is 121 Å². The number of rotatable bonds is 6. The molecule has 1 heterocycles. The smallest absolute Gasteiger partial charge is 0.340 e. The van der Waals surface area contributed by atoms with Gasteiger partial charge in [-0.2, -0.15) is 0 Å². The number of carbonyl (C=O) groups is 2. The zero-order valence-corrected chi connectivity index (χ0v) is 16.6. The summed E-state index contributed by atoms with van der Waals surface area (Å²) in [5.74, 6) is -1.10. The number of nitrogens with one attached hydrogen (secondary N) is 1. The fourth-order valence-electron chi connectivity index (χ4n) is 3.13. The van der Waals surface area contributed by atoms with Crippen LogP contribution in [-0.2, 0) is 9.53 Å². The number of carbonyl (C=O) groups excluding carboxylic acids is 2. The first-order chi connectivity index (χ1) is 14.3. The second-order valence-electron chi connectivity index (χ2n) is 6.48. The molecule has 0 atom stereocenters. The van der Waals surface area contributed by atoms with Crippen molar-refractivity contribution in [3.8, 4) is 5.75 Å². The highest BCUT2D eigenvalue weighted by molar-refractivity contribution is 6.00. The molecule has 0 aliphatic heterocycles. The third-order valence-electron chi connectivity index (χ3n) is 4.54. The normalized spacial score (nSPS) is 10.5. The van der Waals surface area contributed by atoms with E-state index >= 15 is 0 Å². The predicted octanol–water partition coefficient (Wildman–Crippen LogP) is 3.56. The number of benzene rings is 2. The van der Waals surface area contributed by atoms with Gasteiger partial charge < -0.3 is 14.8 Å². The molecule has 0 aliphatic rings. The summed E-state index contributed by atoms with van der Waals surface area (Å²) in [6.45, 7) is 2.92. The SMILES string of the molecule is COc1ccc([N+](=O)[O-])cc1NC(=O)COC(=O)c1c(C)nc2ccccc2c1C. The van der Waals surface area contributed by atoms with Gasteiger partial charge >= 0.3 is 5.97 Å². The van der Waals surface area contributed by atoms with E-state index in [0.717, 1.165) is 10.9 Å². The van der Waals surface area contributed by atoms with Crippen LogP contribution in [0.1, 0.15) is 21.6 Å². The van der Waals surface area contributed by atoms with Gasteiger partial charge in [-0.25, -0.2) is 4.79 Å². The Morgan fingerprint density at radius 3 is 2.60 bits per heavy atom. The number of aryl methyl sites for hydroxylation is 2. The molecule has 2 aromatic carbocycles. The minimum Gasteiger partial charge on any atom is -0.495 e. The number of nitro groups is 1. The number of esters is 1. The summed E-state index contributed by atoms with van der Waals surface area (Å²) in [6, 6.07) is 11.2. The monoisotopic (exact) mass is 409 g/mol. The molecule has 0 saturated heterocycles. The maximum atomic E-state index is 12.6. The first-order valence-corrected chi connectivity index (χ1v) is 8.97. The van der Waals surface area contributed by atoms with Crippen molar-refractivity contribution in [3.05, 3.63) is 69.4 Å². The van der Waals surface area contributed by atoms with E-state index in [1.807, 2.05) is 24.3 Å². The lowest BCUT2D eigenvalue weighted by molar-refractivity contribution is -0.384. The third kappa shape index (κ3) is 4.19.